The number of carbonyl (C=O) groups excluding carboxylic acids is 2. The second kappa shape index (κ2) is 5.57. The van der Waals surface area contributed by atoms with Gasteiger partial charge in [0.05, 0.1) is 13.2 Å². The third kappa shape index (κ3) is 2.88. The molecule has 2 fully saturated rings. The molecule has 1 unspecified atom stereocenters. The summed E-state index contributed by atoms with van der Waals surface area (Å²) < 4.78 is 6.17. The first kappa shape index (κ1) is 13.6. The Morgan fingerprint density at radius 1 is 1.45 bits per heavy atom. The number of amides is 2. The van der Waals surface area contributed by atoms with E-state index in [0.717, 1.165) is 17.3 Å². The van der Waals surface area contributed by atoms with Crippen LogP contribution in [0.3, 0.4) is 0 Å². The number of hydrogen-bond donors (Lipinski definition) is 2. The lowest BCUT2D eigenvalue weighted by molar-refractivity contribution is -0.130. The molecule has 3 rings (SSSR count). The molecule has 7 heteroatoms. The maximum atomic E-state index is 12.5. The Kier molecular flexibility index (Phi) is 3.80. The number of hydrogen-bond acceptors (Lipinski definition) is 3. The van der Waals surface area contributed by atoms with Crippen LogP contribution in [0.4, 0.5) is 0 Å². The predicted molar refractivity (Wildman–Crippen MR) is 75.3 cm³/mol. The molecule has 1 atom stereocenters. The van der Waals surface area contributed by atoms with E-state index in [4.69, 9.17) is 4.74 Å². The fraction of sp³-hybridized carbons (Fsp3) is 0.538. The van der Waals surface area contributed by atoms with Gasteiger partial charge in [-0.25, -0.2) is 0 Å². The molecule has 1 saturated carbocycles. The smallest absolute Gasteiger partial charge is 0.271 e. The molecule has 1 aromatic heterocycles. The Morgan fingerprint density at radius 3 is 2.90 bits per heavy atom. The van der Waals surface area contributed by atoms with Gasteiger partial charge in [0.2, 0.25) is 5.91 Å². The Balaban J connectivity index is 1.73. The number of H-pyrrole nitrogens is 1. The lowest BCUT2D eigenvalue weighted by Gasteiger charge is -2.34. The first-order chi connectivity index (χ1) is 9.65. The first-order valence-corrected chi connectivity index (χ1v) is 7.47. The zero-order valence-electron chi connectivity index (χ0n) is 10.9. The summed E-state index contributed by atoms with van der Waals surface area (Å²) in [6.45, 7) is 1.14. The van der Waals surface area contributed by atoms with Gasteiger partial charge >= 0.3 is 0 Å². The van der Waals surface area contributed by atoms with E-state index in [1.54, 1.807) is 17.2 Å². The lowest BCUT2D eigenvalue weighted by atomic mass is 10.2. The molecule has 1 aliphatic carbocycles. The van der Waals surface area contributed by atoms with Crippen molar-refractivity contribution in [3.63, 3.8) is 0 Å². The molecular formula is C13H16BrN3O3. The van der Waals surface area contributed by atoms with Crippen molar-refractivity contribution < 1.29 is 14.3 Å². The Hall–Kier alpha value is -1.34. The van der Waals surface area contributed by atoms with Gasteiger partial charge in [-0.15, -0.1) is 0 Å². The monoisotopic (exact) mass is 341 g/mol. The minimum absolute atomic E-state index is 0.119. The summed E-state index contributed by atoms with van der Waals surface area (Å²) in [7, 11) is 0. The van der Waals surface area contributed by atoms with Crippen LogP contribution in [-0.2, 0) is 9.53 Å². The maximum Gasteiger partial charge on any atom is 0.271 e. The number of aromatic amines is 1. The standard InChI is InChI=1S/C13H16BrN3O3/c14-8-5-10(15-6-8)13(19)17-3-4-20-7-11(17)12(18)16-9-1-2-9/h5-6,9,11,15H,1-4,7H2,(H,16,18). The van der Waals surface area contributed by atoms with Crippen LogP contribution in [0.1, 0.15) is 23.3 Å². The van der Waals surface area contributed by atoms with Gasteiger partial charge in [-0.3, -0.25) is 9.59 Å². The van der Waals surface area contributed by atoms with Crippen molar-refractivity contribution in [2.24, 2.45) is 0 Å². The molecule has 20 heavy (non-hydrogen) atoms. The van der Waals surface area contributed by atoms with Gasteiger partial charge in [0.25, 0.3) is 5.91 Å². The number of halogens is 1. The van der Waals surface area contributed by atoms with E-state index in [0.29, 0.717) is 18.8 Å². The van der Waals surface area contributed by atoms with Crippen molar-refractivity contribution in [3.05, 3.63) is 22.4 Å². The number of carbonyl (C=O) groups is 2. The fourth-order valence-electron chi connectivity index (χ4n) is 2.24. The van der Waals surface area contributed by atoms with Gasteiger partial charge in [-0.2, -0.15) is 0 Å². The van der Waals surface area contributed by atoms with Crippen LogP contribution < -0.4 is 5.32 Å². The highest BCUT2D eigenvalue weighted by Gasteiger charge is 2.36. The lowest BCUT2D eigenvalue weighted by Crippen LogP contribution is -2.56. The minimum atomic E-state index is -0.543. The van der Waals surface area contributed by atoms with E-state index < -0.39 is 6.04 Å². The Morgan fingerprint density at radius 2 is 2.25 bits per heavy atom. The van der Waals surface area contributed by atoms with Crippen LogP contribution in [0.5, 0.6) is 0 Å². The summed E-state index contributed by atoms with van der Waals surface area (Å²) >= 11 is 3.30. The molecule has 2 amide bonds. The normalized spacial score (nSPS) is 22.6. The molecule has 0 bridgehead atoms. The number of nitrogens with zero attached hydrogens (tertiary/aromatic N) is 1. The third-order valence-electron chi connectivity index (χ3n) is 3.49. The Bertz CT molecular complexity index is 527. The van der Waals surface area contributed by atoms with Crippen LogP contribution in [-0.4, -0.2) is 53.5 Å². The summed E-state index contributed by atoms with van der Waals surface area (Å²) in [5.41, 5.74) is 0.475. The highest BCUT2D eigenvalue weighted by molar-refractivity contribution is 9.10. The zero-order chi connectivity index (χ0) is 14.1. The summed E-state index contributed by atoms with van der Waals surface area (Å²) in [5.74, 6) is -0.291. The third-order valence-corrected chi connectivity index (χ3v) is 3.95. The molecule has 1 saturated heterocycles. The number of aromatic nitrogens is 1. The molecule has 0 radical (unpaired) electrons. The highest BCUT2D eigenvalue weighted by atomic mass is 79.9. The predicted octanol–water partition coefficient (Wildman–Crippen LogP) is 0.897. The van der Waals surface area contributed by atoms with Gasteiger partial charge in [0.1, 0.15) is 11.7 Å². The molecule has 2 heterocycles. The summed E-state index contributed by atoms with van der Waals surface area (Å²) in [4.78, 5) is 29.2. The second-order valence-corrected chi connectivity index (χ2v) is 6.02. The quantitative estimate of drug-likeness (QED) is 0.857. The highest BCUT2D eigenvalue weighted by Crippen LogP contribution is 2.20. The van der Waals surface area contributed by atoms with Gasteiger partial charge in [0, 0.05) is 23.3 Å². The van der Waals surface area contributed by atoms with Crippen molar-refractivity contribution in [2.45, 2.75) is 24.9 Å². The molecular weight excluding hydrogens is 326 g/mol. The largest absolute Gasteiger partial charge is 0.377 e. The van der Waals surface area contributed by atoms with Crippen molar-refractivity contribution >= 4 is 27.7 Å². The van der Waals surface area contributed by atoms with E-state index >= 15 is 0 Å². The fourth-order valence-corrected chi connectivity index (χ4v) is 2.58. The molecule has 1 aromatic rings. The second-order valence-electron chi connectivity index (χ2n) is 5.10. The SMILES string of the molecule is O=C(NC1CC1)C1COCCN1C(=O)c1cc(Br)c[nH]1. The number of morpholine rings is 1. The summed E-state index contributed by atoms with van der Waals surface area (Å²) in [5, 5.41) is 2.93. The van der Waals surface area contributed by atoms with Gasteiger partial charge < -0.3 is 19.9 Å². The van der Waals surface area contributed by atoms with E-state index in [9.17, 15) is 9.59 Å². The summed E-state index contributed by atoms with van der Waals surface area (Å²) in [6, 6.07) is 1.45. The average molecular weight is 342 g/mol. The van der Waals surface area contributed by atoms with Crippen molar-refractivity contribution in [1.82, 2.24) is 15.2 Å². The number of rotatable bonds is 3. The van der Waals surface area contributed by atoms with Crippen molar-refractivity contribution in [2.75, 3.05) is 19.8 Å². The molecule has 1 aliphatic heterocycles. The topological polar surface area (TPSA) is 74.4 Å². The van der Waals surface area contributed by atoms with Crippen molar-refractivity contribution in [3.8, 4) is 0 Å². The van der Waals surface area contributed by atoms with Crippen LogP contribution in [0, 0.1) is 0 Å². The summed E-state index contributed by atoms with van der Waals surface area (Å²) in [6.07, 6.45) is 3.75. The molecule has 2 aliphatic rings. The van der Waals surface area contributed by atoms with Gasteiger partial charge in [0.15, 0.2) is 0 Å². The molecule has 0 aromatic carbocycles. The first-order valence-electron chi connectivity index (χ1n) is 6.68. The van der Waals surface area contributed by atoms with Crippen molar-refractivity contribution in [1.29, 1.82) is 0 Å². The van der Waals surface area contributed by atoms with E-state index in [1.807, 2.05) is 0 Å². The Labute approximate surface area is 125 Å². The number of ether oxygens (including phenoxy) is 1. The van der Waals surface area contributed by atoms with Crippen LogP contribution in [0.2, 0.25) is 0 Å². The van der Waals surface area contributed by atoms with Gasteiger partial charge in [-0.1, -0.05) is 0 Å². The number of nitrogens with one attached hydrogen (secondary N) is 2. The molecule has 0 spiro atoms. The zero-order valence-corrected chi connectivity index (χ0v) is 12.5. The van der Waals surface area contributed by atoms with Gasteiger partial charge in [-0.05, 0) is 34.8 Å². The van der Waals surface area contributed by atoms with E-state index in [2.05, 4.69) is 26.2 Å². The minimum Gasteiger partial charge on any atom is -0.377 e. The molecule has 2 N–H and O–H groups in total. The van der Waals surface area contributed by atoms with Crippen LogP contribution in [0.25, 0.3) is 0 Å². The van der Waals surface area contributed by atoms with E-state index in [1.165, 1.54) is 0 Å². The van der Waals surface area contributed by atoms with E-state index in [-0.39, 0.29) is 24.5 Å². The average Bonchev–Trinajstić information content (AvgIpc) is 3.16. The molecule has 108 valence electrons. The molecule has 6 nitrogen and oxygen atoms in total. The maximum absolute atomic E-state index is 12.5. The van der Waals surface area contributed by atoms with Crippen LogP contribution in [0.15, 0.2) is 16.7 Å². The van der Waals surface area contributed by atoms with Crippen LogP contribution >= 0.6 is 15.9 Å².